The molecular weight excluding hydrogens is 286 g/mol. The lowest BCUT2D eigenvalue weighted by Crippen LogP contribution is -2.47. The Morgan fingerprint density at radius 3 is 2.32 bits per heavy atom. The van der Waals surface area contributed by atoms with Crippen LogP contribution in [0.15, 0.2) is 0 Å². The Morgan fingerprint density at radius 2 is 1.79 bits per heavy atom. The van der Waals surface area contributed by atoms with E-state index in [2.05, 4.69) is 6.92 Å². The van der Waals surface area contributed by atoms with Crippen LogP contribution in [-0.2, 0) is 10.2 Å². The first-order valence-corrected chi connectivity index (χ1v) is 8.31. The molecule has 3 atom stereocenters. The van der Waals surface area contributed by atoms with Crippen molar-refractivity contribution >= 4 is 22.6 Å². The van der Waals surface area contributed by atoms with Crippen LogP contribution in [0.25, 0.3) is 0 Å². The molecule has 2 aliphatic rings. The van der Waals surface area contributed by atoms with Gasteiger partial charge in [-0.25, -0.2) is 0 Å². The minimum atomic E-state index is -3.25. The van der Waals surface area contributed by atoms with Crippen LogP contribution in [0.5, 0.6) is 0 Å². The fourth-order valence-corrected chi connectivity index (χ4v) is 4.76. The summed E-state index contributed by atoms with van der Waals surface area (Å²) in [7, 11) is -3.25. The van der Waals surface area contributed by atoms with Gasteiger partial charge in [-0.05, 0) is 38.0 Å². The SMILES string of the molecule is CC1CCCN(S(=O)(=O)N2CCC(C(C)N)C2)C1.Cl. The first-order chi connectivity index (χ1) is 8.41. The molecule has 2 N–H and O–H groups in total. The maximum atomic E-state index is 12.5. The highest BCUT2D eigenvalue weighted by Crippen LogP contribution is 2.26. The number of nitrogens with two attached hydrogens (primary N) is 1. The highest BCUT2D eigenvalue weighted by Gasteiger charge is 2.37. The van der Waals surface area contributed by atoms with E-state index in [4.69, 9.17) is 5.73 Å². The Labute approximate surface area is 123 Å². The number of hydrogen-bond acceptors (Lipinski definition) is 3. The molecule has 114 valence electrons. The van der Waals surface area contributed by atoms with E-state index in [1.54, 1.807) is 8.61 Å². The Morgan fingerprint density at radius 1 is 1.16 bits per heavy atom. The van der Waals surface area contributed by atoms with Gasteiger partial charge in [-0.3, -0.25) is 0 Å². The van der Waals surface area contributed by atoms with Crippen LogP contribution >= 0.6 is 12.4 Å². The fourth-order valence-electron chi connectivity index (χ4n) is 2.91. The summed E-state index contributed by atoms with van der Waals surface area (Å²) in [4.78, 5) is 0. The molecule has 19 heavy (non-hydrogen) atoms. The van der Waals surface area contributed by atoms with Gasteiger partial charge in [-0.15, -0.1) is 12.4 Å². The average Bonchev–Trinajstić information content (AvgIpc) is 2.79. The molecule has 2 fully saturated rings. The lowest BCUT2D eigenvalue weighted by Gasteiger charge is -2.33. The van der Waals surface area contributed by atoms with Crippen molar-refractivity contribution < 1.29 is 8.42 Å². The van der Waals surface area contributed by atoms with E-state index < -0.39 is 10.2 Å². The Balaban J connectivity index is 0.00000180. The molecule has 2 saturated heterocycles. The van der Waals surface area contributed by atoms with Gasteiger partial charge in [0.25, 0.3) is 10.2 Å². The van der Waals surface area contributed by atoms with Crippen molar-refractivity contribution in [1.29, 1.82) is 0 Å². The summed E-state index contributed by atoms with van der Waals surface area (Å²) in [5.74, 6) is 0.780. The van der Waals surface area contributed by atoms with E-state index in [-0.39, 0.29) is 18.4 Å². The molecule has 2 heterocycles. The van der Waals surface area contributed by atoms with E-state index >= 15 is 0 Å². The Kier molecular flexibility index (Phi) is 6.07. The van der Waals surface area contributed by atoms with Crippen LogP contribution in [-0.4, -0.2) is 49.2 Å². The summed E-state index contributed by atoms with van der Waals surface area (Å²) in [6.07, 6.45) is 3.00. The number of hydrogen-bond donors (Lipinski definition) is 1. The number of nitrogens with zero attached hydrogens (tertiary/aromatic N) is 2. The molecule has 2 rings (SSSR count). The van der Waals surface area contributed by atoms with Crippen LogP contribution in [0.4, 0.5) is 0 Å². The van der Waals surface area contributed by atoms with E-state index in [1.165, 1.54) is 0 Å². The molecule has 0 bridgehead atoms. The summed E-state index contributed by atoms with van der Waals surface area (Å²) in [6.45, 7) is 6.64. The summed E-state index contributed by atoms with van der Waals surface area (Å²) in [5, 5.41) is 0. The maximum Gasteiger partial charge on any atom is 0.281 e. The zero-order chi connectivity index (χ0) is 13.3. The number of halogens is 1. The van der Waals surface area contributed by atoms with Gasteiger partial charge in [-0.1, -0.05) is 6.92 Å². The van der Waals surface area contributed by atoms with Gasteiger partial charge in [0.15, 0.2) is 0 Å². The zero-order valence-electron chi connectivity index (χ0n) is 11.8. The molecule has 5 nitrogen and oxygen atoms in total. The summed E-state index contributed by atoms with van der Waals surface area (Å²) in [6, 6.07) is 0.0745. The Bertz CT molecular complexity index is 388. The monoisotopic (exact) mass is 311 g/mol. The molecule has 3 unspecified atom stereocenters. The van der Waals surface area contributed by atoms with Gasteiger partial charge in [-0.2, -0.15) is 17.0 Å². The lowest BCUT2D eigenvalue weighted by atomic mass is 10.0. The minimum Gasteiger partial charge on any atom is -0.328 e. The largest absolute Gasteiger partial charge is 0.328 e. The highest BCUT2D eigenvalue weighted by atomic mass is 35.5. The molecule has 0 aromatic rings. The van der Waals surface area contributed by atoms with E-state index in [9.17, 15) is 8.42 Å². The topological polar surface area (TPSA) is 66.6 Å². The quantitative estimate of drug-likeness (QED) is 0.847. The van der Waals surface area contributed by atoms with Gasteiger partial charge in [0.1, 0.15) is 0 Å². The van der Waals surface area contributed by atoms with Crippen molar-refractivity contribution in [2.45, 2.75) is 39.2 Å². The zero-order valence-corrected chi connectivity index (χ0v) is 13.4. The molecular formula is C12H26ClN3O2S. The molecule has 0 aromatic heterocycles. The maximum absolute atomic E-state index is 12.5. The lowest BCUT2D eigenvalue weighted by molar-refractivity contribution is 0.262. The first-order valence-electron chi connectivity index (χ1n) is 6.92. The standard InChI is InChI=1S/C12H25N3O2S.ClH/c1-10-4-3-6-14(8-10)18(16,17)15-7-5-12(9-15)11(2)13;/h10-12H,3-9,13H2,1-2H3;1H. The Hall–Kier alpha value is 0.120. The van der Waals surface area contributed by atoms with Gasteiger partial charge >= 0.3 is 0 Å². The molecule has 0 saturated carbocycles. The molecule has 0 aliphatic carbocycles. The first kappa shape index (κ1) is 17.2. The van der Waals surface area contributed by atoms with Crippen molar-refractivity contribution in [2.75, 3.05) is 26.2 Å². The molecule has 0 aromatic carbocycles. The van der Waals surface area contributed by atoms with Crippen molar-refractivity contribution in [1.82, 2.24) is 8.61 Å². The second kappa shape index (κ2) is 6.72. The third-order valence-corrected chi connectivity index (χ3v) is 6.17. The van der Waals surface area contributed by atoms with E-state index in [1.807, 2.05) is 6.92 Å². The van der Waals surface area contributed by atoms with Crippen LogP contribution in [0.3, 0.4) is 0 Å². The molecule has 0 amide bonds. The molecule has 0 spiro atoms. The van der Waals surface area contributed by atoms with Crippen molar-refractivity contribution in [3.8, 4) is 0 Å². The third-order valence-electron chi connectivity index (χ3n) is 4.20. The predicted molar refractivity (Wildman–Crippen MR) is 79.5 cm³/mol. The molecule has 2 aliphatic heterocycles. The molecule has 7 heteroatoms. The van der Waals surface area contributed by atoms with Crippen molar-refractivity contribution in [3.63, 3.8) is 0 Å². The minimum absolute atomic E-state index is 0. The molecule has 0 radical (unpaired) electrons. The second-order valence-corrected chi connectivity index (χ2v) is 7.81. The summed E-state index contributed by atoms with van der Waals surface area (Å²) >= 11 is 0. The smallest absolute Gasteiger partial charge is 0.281 e. The summed E-state index contributed by atoms with van der Waals surface area (Å²) in [5.41, 5.74) is 5.87. The van der Waals surface area contributed by atoms with Crippen molar-refractivity contribution in [3.05, 3.63) is 0 Å². The van der Waals surface area contributed by atoms with Crippen LogP contribution in [0.1, 0.15) is 33.1 Å². The van der Waals surface area contributed by atoms with Gasteiger partial charge < -0.3 is 5.73 Å². The average molecular weight is 312 g/mol. The second-order valence-electron chi connectivity index (χ2n) is 5.88. The number of rotatable bonds is 3. The third kappa shape index (κ3) is 3.82. The van der Waals surface area contributed by atoms with Gasteiger partial charge in [0, 0.05) is 32.2 Å². The highest BCUT2D eigenvalue weighted by molar-refractivity contribution is 7.86. The predicted octanol–water partition coefficient (Wildman–Crippen LogP) is 1.05. The van der Waals surface area contributed by atoms with Gasteiger partial charge in [0.05, 0.1) is 0 Å². The van der Waals surface area contributed by atoms with Crippen LogP contribution in [0, 0.1) is 11.8 Å². The van der Waals surface area contributed by atoms with E-state index in [0.29, 0.717) is 38.0 Å². The van der Waals surface area contributed by atoms with Crippen LogP contribution < -0.4 is 5.73 Å². The fraction of sp³-hybridized carbons (Fsp3) is 1.00. The van der Waals surface area contributed by atoms with E-state index in [0.717, 1.165) is 19.3 Å². The number of piperidine rings is 1. The van der Waals surface area contributed by atoms with Crippen LogP contribution in [0.2, 0.25) is 0 Å². The summed E-state index contributed by atoms with van der Waals surface area (Å²) < 4.78 is 28.3. The normalized spacial score (nSPS) is 31.9. The van der Waals surface area contributed by atoms with Crippen molar-refractivity contribution in [2.24, 2.45) is 17.6 Å². The van der Waals surface area contributed by atoms with Gasteiger partial charge in [0.2, 0.25) is 0 Å².